The Balaban J connectivity index is 2.04. The van der Waals surface area contributed by atoms with Crippen molar-refractivity contribution < 1.29 is 13.6 Å². The van der Waals surface area contributed by atoms with E-state index in [0.29, 0.717) is 0 Å². The van der Waals surface area contributed by atoms with Gasteiger partial charge in [0.05, 0.1) is 11.3 Å². The van der Waals surface area contributed by atoms with Gasteiger partial charge in [-0.15, -0.1) is 11.8 Å². The Kier molecular flexibility index (Phi) is 4.10. The van der Waals surface area contributed by atoms with Gasteiger partial charge in [0.15, 0.2) is 5.78 Å². The molecule has 0 amide bonds. The summed E-state index contributed by atoms with van der Waals surface area (Å²) in [6.07, 6.45) is 0. The third kappa shape index (κ3) is 3.17. The average Bonchev–Trinajstić information content (AvgIpc) is 2.37. The van der Waals surface area contributed by atoms with Crippen LogP contribution >= 0.6 is 11.8 Å². The second-order valence-corrected chi connectivity index (χ2v) is 4.70. The molecule has 0 saturated heterocycles. The standard InChI is InChI=1S/C14H10F2OS/c15-10-6-7-12(13(16)8-10)14(17)9-18-11-4-2-1-3-5-11/h1-8H,9H2. The third-order valence-electron chi connectivity index (χ3n) is 2.34. The summed E-state index contributed by atoms with van der Waals surface area (Å²) in [4.78, 5) is 12.7. The number of carbonyl (C=O) groups excluding carboxylic acids is 1. The molecule has 2 rings (SSSR count). The molecule has 0 aromatic heterocycles. The van der Waals surface area contributed by atoms with Crippen molar-refractivity contribution in [1.29, 1.82) is 0 Å². The quantitative estimate of drug-likeness (QED) is 0.614. The van der Waals surface area contributed by atoms with Gasteiger partial charge in [-0.2, -0.15) is 0 Å². The molecule has 0 heterocycles. The summed E-state index contributed by atoms with van der Waals surface area (Å²) in [7, 11) is 0. The predicted molar refractivity (Wildman–Crippen MR) is 67.9 cm³/mol. The summed E-state index contributed by atoms with van der Waals surface area (Å²) >= 11 is 1.33. The first kappa shape index (κ1) is 12.8. The van der Waals surface area contributed by atoms with Gasteiger partial charge in [0.25, 0.3) is 0 Å². The maximum absolute atomic E-state index is 13.4. The largest absolute Gasteiger partial charge is 0.293 e. The normalized spacial score (nSPS) is 10.3. The highest BCUT2D eigenvalue weighted by Crippen LogP contribution is 2.19. The molecule has 2 aromatic rings. The lowest BCUT2D eigenvalue weighted by Gasteiger charge is -2.03. The SMILES string of the molecule is O=C(CSc1ccccc1)c1ccc(F)cc1F. The number of hydrogen-bond donors (Lipinski definition) is 0. The molecule has 0 fully saturated rings. The summed E-state index contributed by atoms with van der Waals surface area (Å²) in [5.74, 6) is -1.71. The molecule has 0 aliphatic carbocycles. The van der Waals surface area contributed by atoms with Crippen LogP contribution in [0.25, 0.3) is 0 Å². The smallest absolute Gasteiger partial charge is 0.176 e. The van der Waals surface area contributed by atoms with E-state index in [2.05, 4.69) is 0 Å². The molecule has 18 heavy (non-hydrogen) atoms. The van der Waals surface area contributed by atoms with Gasteiger partial charge in [-0.25, -0.2) is 8.78 Å². The molecule has 2 aromatic carbocycles. The van der Waals surface area contributed by atoms with Gasteiger partial charge in [0, 0.05) is 11.0 Å². The first-order valence-electron chi connectivity index (χ1n) is 5.33. The van der Waals surface area contributed by atoms with Crippen molar-refractivity contribution in [3.05, 3.63) is 65.7 Å². The number of benzene rings is 2. The minimum absolute atomic E-state index is 0.0696. The summed E-state index contributed by atoms with van der Waals surface area (Å²) < 4.78 is 26.1. The molecule has 0 aliphatic heterocycles. The third-order valence-corrected chi connectivity index (χ3v) is 3.36. The predicted octanol–water partition coefficient (Wildman–Crippen LogP) is 3.94. The Morgan fingerprint density at radius 3 is 2.44 bits per heavy atom. The van der Waals surface area contributed by atoms with E-state index in [4.69, 9.17) is 0 Å². The molecule has 0 radical (unpaired) electrons. The van der Waals surface area contributed by atoms with Crippen LogP contribution in [0.4, 0.5) is 8.78 Å². The first-order valence-corrected chi connectivity index (χ1v) is 6.31. The minimum atomic E-state index is -0.811. The van der Waals surface area contributed by atoms with Gasteiger partial charge in [-0.05, 0) is 24.3 Å². The highest BCUT2D eigenvalue weighted by atomic mass is 32.2. The van der Waals surface area contributed by atoms with Crippen LogP contribution < -0.4 is 0 Å². The number of ketones is 1. The topological polar surface area (TPSA) is 17.1 Å². The molecule has 0 atom stereocenters. The maximum Gasteiger partial charge on any atom is 0.176 e. The zero-order valence-corrected chi connectivity index (χ0v) is 10.2. The Labute approximate surface area is 108 Å². The summed E-state index contributed by atoms with van der Waals surface area (Å²) in [5, 5.41) is 0. The number of halogens is 2. The Bertz CT molecular complexity index is 555. The number of carbonyl (C=O) groups is 1. The van der Waals surface area contributed by atoms with Gasteiger partial charge in [-0.3, -0.25) is 4.79 Å². The van der Waals surface area contributed by atoms with Crippen LogP contribution in [0, 0.1) is 11.6 Å². The van der Waals surface area contributed by atoms with Gasteiger partial charge < -0.3 is 0 Å². The van der Waals surface area contributed by atoms with Crippen LogP contribution in [0.1, 0.15) is 10.4 Å². The highest BCUT2D eigenvalue weighted by molar-refractivity contribution is 8.00. The molecule has 0 unspecified atom stereocenters. The van der Waals surface area contributed by atoms with E-state index in [0.717, 1.165) is 17.0 Å². The van der Waals surface area contributed by atoms with E-state index in [9.17, 15) is 13.6 Å². The fourth-order valence-corrected chi connectivity index (χ4v) is 2.26. The van der Waals surface area contributed by atoms with Crippen LogP contribution in [0.3, 0.4) is 0 Å². The number of hydrogen-bond acceptors (Lipinski definition) is 2. The van der Waals surface area contributed by atoms with Crippen molar-refractivity contribution in [3.63, 3.8) is 0 Å². The zero-order chi connectivity index (χ0) is 13.0. The summed E-state index contributed by atoms with van der Waals surface area (Å²) in [5.41, 5.74) is -0.0696. The van der Waals surface area contributed by atoms with Crippen molar-refractivity contribution in [2.45, 2.75) is 4.90 Å². The molecular formula is C14H10F2OS. The molecule has 92 valence electrons. The van der Waals surface area contributed by atoms with E-state index >= 15 is 0 Å². The van der Waals surface area contributed by atoms with E-state index in [1.807, 2.05) is 30.3 Å². The minimum Gasteiger partial charge on any atom is -0.293 e. The second kappa shape index (κ2) is 5.78. The van der Waals surface area contributed by atoms with Crippen molar-refractivity contribution >= 4 is 17.5 Å². The Morgan fingerprint density at radius 2 is 1.78 bits per heavy atom. The van der Waals surface area contributed by atoms with Crippen molar-refractivity contribution in [3.8, 4) is 0 Å². The van der Waals surface area contributed by atoms with Crippen LogP contribution in [-0.4, -0.2) is 11.5 Å². The van der Waals surface area contributed by atoms with Crippen LogP contribution in [0.5, 0.6) is 0 Å². The molecular weight excluding hydrogens is 254 g/mol. The van der Waals surface area contributed by atoms with Crippen molar-refractivity contribution in [2.24, 2.45) is 0 Å². The fraction of sp³-hybridized carbons (Fsp3) is 0.0714. The molecule has 0 saturated carbocycles. The van der Waals surface area contributed by atoms with E-state index < -0.39 is 11.6 Å². The number of rotatable bonds is 4. The van der Waals surface area contributed by atoms with Gasteiger partial charge >= 0.3 is 0 Å². The van der Waals surface area contributed by atoms with E-state index in [-0.39, 0.29) is 17.1 Å². The number of Topliss-reactive ketones (excluding diaryl/α,β-unsaturated/α-hetero) is 1. The van der Waals surface area contributed by atoms with Gasteiger partial charge in [-0.1, -0.05) is 18.2 Å². The maximum atomic E-state index is 13.4. The average molecular weight is 264 g/mol. The second-order valence-electron chi connectivity index (χ2n) is 3.65. The first-order chi connectivity index (χ1) is 8.66. The Hall–Kier alpha value is -1.68. The van der Waals surface area contributed by atoms with Crippen LogP contribution in [0.2, 0.25) is 0 Å². The van der Waals surface area contributed by atoms with E-state index in [1.54, 1.807) is 0 Å². The monoisotopic (exact) mass is 264 g/mol. The molecule has 0 N–H and O–H groups in total. The fourth-order valence-electron chi connectivity index (χ4n) is 1.46. The number of thioether (sulfide) groups is 1. The molecule has 4 heteroatoms. The molecule has 1 nitrogen and oxygen atoms in total. The van der Waals surface area contributed by atoms with Crippen molar-refractivity contribution in [1.82, 2.24) is 0 Å². The van der Waals surface area contributed by atoms with Crippen LogP contribution in [-0.2, 0) is 0 Å². The highest BCUT2D eigenvalue weighted by Gasteiger charge is 2.12. The zero-order valence-electron chi connectivity index (χ0n) is 9.40. The lowest BCUT2D eigenvalue weighted by molar-refractivity contribution is 0.101. The molecule has 0 bridgehead atoms. The van der Waals surface area contributed by atoms with Gasteiger partial charge in [0.2, 0.25) is 0 Å². The summed E-state index contributed by atoms with van der Waals surface area (Å²) in [6.45, 7) is 0. The van der Waals surface area contributed by atoms with E-state index in [1.165, 1.54) is 17.8 Å². The lowest BCUT2D eigenvalue weighted by atomic mass is 10.1. The molecule has 0 spiro atoms. The lowest BCUT2D eigenvalue weighted by Crippen LogP contribution is -2.05. The molecule has 0 aliphatic rings. The van der Waals surface area contributed by atoms with Gasteiger partial charge in [0.1, 0.15) is 11.6 Å². The summed E-state index contributed by atoms with van der Waals surface area (Å²) in [6, 6.07) is 12.3. The van der Waals surface area contributed by atoms with Crippen LogP contribution in [0.15, 0.2) is 53.4 Å². The van der Waals surface area contributed by atoms with Crippen molar-refractivity contribution in [2.75, 3.05) is 5.75 Å². The Morgan fingerprint density at radius 1 is 1.06 bits per heavy atom.